The molecule has 3 fully saturated rings. The number of aromatic nitrogens is 4. The molecule has 0 spiro atoms. The van der Waals surface area contributed by atoms with Gasteiger partial charge in [0, 0.05) is 63.8 Å². The Morgan fingerprint density at radius 3 is 2.53 bits per heavy atom. The number of ether oxygens (including phenoxy) is 2. The van der Waals surface area contributed by atoms with Gasteiger partial charge in [-0.1, -0.05) is 12.1 Å². The highest BCUT2D eigenvalue weighted by molar-refractivity contribution is 5.80. The first-order chi connectivity index (χ1) is 18.6. The van der Waals surface area contributed by atoms with Crippen LogP contribution in [-0.4, -0.2) is 89.5 Å². The van der Waals surface area contributed by atoms with E-state index in [2.05, 4.69) is 15.3 Å². The molecular formula is C26H31F2N7O3. The molecule has 3 aromatic rings. The molecule has 5 heterocycles. The quantitative estimate of drug-likeness (QED) is 0.501. The number of carbonyl (C=O) groups excluding carboxylic acids is 1. The molecule has 12 heteroatoms. The molecule has 3 aliphatic rings. The van der Waals surface area contributed by atoms with Gasteiger partial charge in [-0.25, -0.2) is 13.8 Å². The second-order valence-electron chi connectivity index (χ2n) is 9.98. The first-order valence-electron chi connectivity index (χ1n) is 13.1. The van der Waals surface area contributed by atoms with Crippen LogP contribution in [0, 0.1) is 11.8 Å². The van der Waals surface area contributed by atoms with Crippen molar-refractivity contribution in [2.24, 2.45) is 11.8 Å². The first-order valence-corrected chi connectivity index (χ1v) is 13.1. The van der Waals surface area contributed by atoms with Gasteiger partial charge in [-0.3, -0.25) is 9.36 Å². The zero-order chi connectivity index (χ0) is 26.1. The number of alkyl halides is 2. The minimum absolute atomic E-state index is 0.0622. The fourth-order valence-electron chi connectivity index (χ4n) is 5.29. The third kappa shape index (κ3) is 5.02. The van der Waals surface area contributed by atoms with E-state index in [0.717, 1.165) is 12.8 Å². The highest BCUT2D eigenvalue weighted by atomic mass is 19.3. The van der Waals surface area contributed by atoms with Gasteiger partial charge < -0.3 is 24.6 Å². The van der Waals surface area contributed by atoms with E-state index in [-0.39, 0.29) is 23.6 Å². The summed E-state index contributed by atoms with van der Waals surface area (Å²) < 4.78 is 40.3. The van der Waals surface area contributed by atoms with Crippen molar-refractivity contribution in [3.63, 3.8) is 0 Å². The smallest absolute Gasteiger partial charge is 0.296 e. The van der Waals surface area contributed by atoms with Crippen LogP contribution in [0.3, 0.4) is 0 Å². The van der Waals surface area contributed by atoms with Crippen molar-refractivity contribution in [3.8, 4) is 5.82 Å². The van der Waals surface area contributed by atoms with E-state index in [9.17, 15) is 13.6 Å². The number of carbonyl (C=O) groups is 1. The van der Waals surface area contributed by atoms with Crippen molar-refractivity contribution < 1.29 is 23.0 Å². The summed E-state index contributed by atoms with van der Waals surface area (Å²) in [6, 6.07) is 8.73. The van der Waals surface area contributed by atoms with Crippen molar-refractivity contribution in [2.75, 3.05) is 69.4 Å². The van der Waals surface area contributed by atoms with Crippen LogP contribution < -0.4 is 10.2 Å². The number of morpholine rings is 1. The monoisotopic (exact) mass is 527 g/mol. The average molecular weight is 528 g/mol. The summed E-state index contributed by atoms with van der Waals surface area (Å²) in [4.78, 5) is 30.2. The fourth-order valence-corrected chi connectivity index (χ4v) is 5.29. The summed E-state index contributed by atoms with van der Waals surface area (Å²) in [5.74, 6) is 1.54. The minimum atomic E-state index is -2.77. The standard InChI is InChI=1S/C26H31F2N7O3/c27-23(28)24-30-19-3-1-2-4-20(19)35(24)22-13-21(31-26(32-22)33-7-11-38-12-8-33)29-14-17-15-34(16-17)25(36)18-5-9-37-10-6-18/h1-4,13,17-18,23H,5-12,14-16H2,(H,29,31,32). The van der Waals surface area contributed by atoms with Crippen LogP contribution in [0.4, 0.5) is 20.5 Å². The Morgan fingerprint density at radius 1 is 1.03 bits per heavy atom. The van der Waals surface area contributed by atoms with E-state index in [1.54, 1.807) is 30.3 Å². The molecule has 202 valence electrons. The lowest BCUT2D eigenvalue weighted by atomic mass is 9.93. The molecule has 10 nitrogen and oxygen atoms in total. The number of likely N-dealkylation sites (tertiary alicyclic amines) is 1. The Hall–Kier alpha value is -3.38. The van der Waals surface area contributed by atoms with Crippen LogP contribution in [0.5, 0.6) is 0 Å². The number of anilines is 2. The largest absolute Gasteiger partial charge is 0.381 e. The fraction of sp³-hybridized carbons (Fsp3) is 0.538. The lowest BCUT2D eigenvalue weighted by Crippen LogP contribution is -2.54. The van der Waals surface area contributed by atoms with Crippen LogP contribution in [0.1, 0.15) is 25.1 Å². The van der Waals surface area contributed by atoms with Gasteiger partial charge in [-0.15, -0.1) is 0 Å². The van der Waals surface area contributed by atoms with Crippen LogP contribution in [-0.2, 0) is 14.3 Å². The van der Waals surface area contributed by atoms with Crippen molar-refractivity contribution in [3.05, 3.63) is 36.2 Å². The van der Waals surface area contributed by atoms with Crippen LogP contribution in [0.2, 0.25) is 0 Å². The molecule has 1 amide bonds. The number of halogens is 2. The zero-order valence-corrected chi connectivity index (χ0v) is 21.1. The van der Waals surface area contributed by atoms with E-state index in [1.165, 1.54) is 4.57 Å². The Balaban J connectivity index is 1.23. The third-order valence-electron chi connectivity index (χ3n) is 7.42. The summed E-state index contributed by atoms with van der Waals surface area (Å²) in [5.41, 5.74) is 1.04. The number of para-hydroxylation sites is 2. The topological polar surface area (TPSA) is 97.6 Å². The molecule has 3 saturated heterocycles. The number of imidazole rings is 1. The van der Waals surface area contributed by atoms with Crippen LogP contribution in [0.15, 0.2) is 30.3 Å². The molecule has 1 aromatic carbocycles. The maximum Gasteiger partial charge on any atom is 0.296 e. The number of amides is 1. The third-order valence-corrected chi connectivity index (χ3v) is 7.42. The number of benzene rings is 1. The van der Waals surface area contributed by atoms with Gasteiger partial charge in [0.05, 0.1) is 24.2 Å². The highest BCUT2D eigenvalue weighted by Crippen LogP contribution is 2.29. The first kappa shape index (κ1) is 24.9. The van der Waals surface area contributed by atoms with E-state index in [4.69, 9.17) is 14.5 Å². The molecule has 3 aliphatic heterocycles. The second kappa shape index (κ2) is 10.8. The molecule has 0 radical (unpaired) electrons. The van der Waals surface area contributed by atoms with Gasteiger partial charge in [0.2, 0.25) is 11.9 Å². The Labute approximate surface area is 218 Å². The Kier molecular flexibility index (Phi) is 7.07. The second-order valence-corrected chi connectivity index (χ2v) is 9.98. The predicted octanol–water partition coefficient (Wildman–Crippen LogP) is 2.89. The number of nitrogens with one attached hydrogen (secondary N) is 1. The molecule has 0 bridgehead atoms. The van der Waals surface area contributed by atoms with Crippen molar-refractivity contribution >= 4 is 28.7 Å². The SMILES string of the molecule is O=C(C1CCOCC1)N1CC(CNc2cc(-n3c(C(F)F)nc4ccccc43)nc(N3CCOCC3)n2)C1. The summed E-state index contributed by atoms with van der Waals surface area (Å²) in [7, 11) is 0. The van der Waals surface area contributed by atoms with Crippen molar-refractivity contribution in [2.45, 2.75) is 19.3 Å². The van der Waals surface area contributed by atoms with E-state index < -0.39 is 6.43 Å². The lowest BCUT2D eigenvalue weighted by molar-refractivity contribution is -0.144. The zero-order valence-electron chi connectivity index (χ0n) is 21.1. The summed E-state index contributed by atoms with van der Waals surface area (Å²) in [6.45, 7) is 5.62. The van der Waals surface area contributed by atoms with E-state index in [0.29, 0.717) is 87.8 Å². The summed E-state index contributed by atoms with van der Waals surface area (Å²) in [6.07, 6.45) is -1.19. The molecule has 0 aliphatic carbocycles. The van der Waals surface area contributed by atoms with Gasteiger partial charge in [0.25, 0.3) is 6.43 Å². The molecule has 1 N–H and O–H groups in total. The molecule has 0 saturated carbocycles. The van der Waals surface area contributed by atoms with E-state index >= 15 is 0 Å². The molecule has 0 atom stereocenters. The number of rotatable bonds is 7. The van der Waals surface area contributed by atoms with Gasteiger partial charge in [-0.2, -0.15) is 9.97 Å². The van der Waals surface area contributed by atoms with Gasteiger partial charge in [0.15, 0.2) is 5.82 Å². The van der Waals surface area contributed by atoms with E-state index in [1.807, 2.05) is 9.80 Å². The molecule has 0 unspecified atom stereocenters. The normalized spacial score (nSPS) is 19.2. The average Bonchev–Trinajstić information content (AvgIpc) is 3.33. The predicted molar refractivity (Wildman–Crippen MR) is 137 cm³/mol. The Morgan fingerprint density at radius 2 is 1.76 bits per heavy atom. The number of nitrogens with zero attached hydrogens (tertiary/aromatic N) is 6. The molecule has 38 heavy (non-hydrogen) atoms. The van der Waals surface area contributed by atoms with Crippen molar-refractivity contribution in [1.29, 1.82) is 0 Å². The lowest BCUT2D eigenvalue weighted by Gasteiger charge is -2.41. The Bertz CT molecular complexity index is 1290. The molecule has 2 aromatic heterocycles. The summed E-state index contributed by atoms with van der Waals surface area (Å²) in [5, 5.41) is 3.38. The number of hydrogen-bond donors (Lipinski definition) is 1. The summed E-state index contributed by atoms with van der Waals surface area (Å²) >= 11 is 0. The maximum absolute atomic E-state index is 14.0. The minimum Gasteiger partial charge on any atom is -0.381 e. The number of fused-ring (bicyclic) bond motifs is 1. The molecule has 6 rings (SSSR count). The van der Waals surface area contributed by atoms with Crippen molar-refractivity contribution in [1.82, 2.24) is 24.4 Å². The number of hydrogen-bond acceptors (Lipinski definition) is 8. The molecular weight excluding hydrogens is 496 g/mol. The maximum atomic E-state index is 14.0. The highest BCUT2D eigenvalue weighted by Gasteiger charge is 2.35. The van der Waals surface area contributed by atoms with Crippen LogP contribution in [0.25, 0.3) is 16.9 Å². The van der Waals surface area contributed by atoms with Crippen LogP contribution >= 0.6 is 0 Å². The van der Waals surface area contributed by atoms with Gasteiger partial charge in [0.1, 0.15) is 11.6 Å². The van der Waals surface area contributed by atoms with Gasteiger partial charge >= 0.3 is 0 Å². The van der Waals surface area contributed by atoms with Gasteiger partial charge in [-0.05, 0) is 25.0 Å².